The van der Waals surface area contributed by atoms with Crippen LogP contribution >= 0.6 is 15.9 Å². The van der Waals surface area contributed by atoms with Crippen molar-refractivity contribution in [2.45, 2.75) is 63.6 Å². The maximum Gasteiger partial charge on any atom is 0.305 e. The van der Waals surface area contributed by atoms with Crippen LogP contribution < -0.4 is 0 Å². The number of hydrogen-bond donors (Lipinski definition) is 0. The number of carbonyl (C=O) groups excluding carboxylic acids is 2. The number of esters is 1. The molecule has 17 heavy (non-hydrogen) atoms. The Bertz CT molecular complexity index is 229. The van der Waals surface area contributed by atoms with Crippen LogP contribution in [0.3, 0.4) is 0 Å². The van der Waals surface area contributed by atoms with E-state index in [1.807, 2.05) is 0 Å². The van der Waals surface area contributed by atoms with Gasteiger partial charge in [-0.2, -0.15) is 0 Å². The molecule has 0 N–H and O–H groups in total. The standard InChI is InChI=1S/C13H23BrO3/c1-3-5-7-12(15)11(14)8-9-13(16)17-10-6-4-2/h11H,3-10H2,1-2H3. The summed E-state index contributed by atoms with van der Waals surface area (Å²) in [6, 6.07) is 0. The van der Waals surface area contributed by atoms with E-state index in [1.165, 1.54) is 0 Å². The van der Waals surface area contributed by atoms with Crippen molar-refractivity contribution in [3.63, 3.8) is 0 Å². The van der Waals surface area contributed by atoms with E-state index >= 15 is 0 Å². The van der Waals surface area contributed by atoms with Gasteiger partial charge >= 0.3 is 5.97 Å². The highest BCUT2D eigenvalue weighted by molar-refractivity contribution is 9.10. The van der Waals surface area contributed by atoms with Gasteiger partial charge in [0.25, 0.3) is 0 Å². The zero-order chi connectivity index (χ0) is 13.1. The molecule has 0 fully saturated rings. The lowest BCUT2D eigenvalue weighted by Gasteiger charge is -2.08. The van der Waals surface area contributed by atoms with Crippen molar-refractivity contribution in [2.75, 3.05) is 6.61 Å². The van der Waals surface area contributed by atoms with Crippen LogP contribution in [0.4, 0.5) is 0 Å². The highest BCUT2D eigenvalue weighted by atomic mass is 79.9. The third-order valence-corrected chi connectivity index (χ3v) is 3.46. The molecule has 0 radical (unpaired) electrons. The molecule has 0 aromatic carbocycles. The predicted octanol–water partition coefficient (Wildman–Crippen LogP) is 3.63. The zero-order valence-electron chi connectivity index (χ0n) is 10.8. The lowest BCUT2D eigenvalue weighted by molar-refractivity contribution is -0.143. The number of alkyl halides is 1. The van der Waals surface area contributed by atoms with Gasteiger partial charge in [-0.3, -0.25) is 9.59 Å². The molecule has 100 valence electrons. The Morgan fingerprint density at radius 1 is 1.12 bits per heavy atom. The molecule has 0 rings (SSSR count). The Balaban J connectivity index is 3.64. The van der Waals surface area contributed by atoms with Gasteiger partial charge in [0, 0.05) is 12.8 Å². The van der Waals surface area contributed by atoms with Gasteiger partial charge in [-0.25, -0.2) is 0 Å². The highest BCUT2D eigenvalue weighted by Gasteiger charge is 2.16. The monoisotopic (exact) mass is 306 g/mol. The molecule has 0 heterocycles. The maximum atomic E-state index is 11.6. The number of halogens is 1. The van der Waals surface area contributed by atoms with Crippen LogP contribution in [0.5, 0.6) is 0 Å². The summed E-state index contributed by atoms with van der Waals surface area (Å²) >= 11 is 3.33. The molecule has 0 aliphatic carbocycles. The molecule has 1 atom stereocenters. The second-order valence-electron chi connectivity index (χ2n) is 4.15. The summed E-state index contributed by atoms with van der Waals surface area (Å²) in [7, 11) is 0. The first kappa shape index (κ1) is 16.6. The maximum absolute atomic E-state index is 11.6. The average Bonchev–Trinajstić information content (AvgIpc) is 2.33. The molecule has 0 spiro atoms. The number of Topliss-reactive ketones (excluding diaryl/α,β-unsaturated/α-hetero) is 1. The van der Waals surface area contributed by atoms with Crippen molar-refractivity contribution in [2.24, 2.45) is 0 Å². The zero-order valence-corrected chi connectivity index (χ0v) is 12.4. The Morgan fingerprint density at radius 3 is 2.35 bits per heavy atom. The largest absolute Gasteiger partial charge is 0.466 e. The Kier molecular flexibility index (Phi) is 10.5. The molecular formula is C13H23BrO3. The van der Waals surface area contributed by atoms with Crippen LogP contribution in [-0.4, -0.2) is 23.2 Å². The van der Waals surface area contributed by atoms with Crippen LogP contribution in [0.1, 0.15) is 58.8 Å². The molecule has 0 aromatic rings. The fraction of sp³-hybridized carbons (Fsp3) is 0.846. The molecular weight excluding hydrogens is 284 g/mol. The van der Waals surface area contributed by atoms with Gasteiger partial charge in [-0.15, -0.1) is 0 Å². The number of rotatable bonds is 10. The van der Waals surface area contributed by atoms with Crippen molar-refractivity contribution in [1.82, 2.24) is 0 Å². The molecule has 0 aliphatic rings. The van der Waals surface area contributed by atoms with Crippen LogP contribution in [0.2, 0.25) is 0 Å². The second kappa shape index (κ2) is 10.8. The van der Waals surface area contributed by atoms with E-state index in [1.54, 1.807) is 0 Å². The fourth-order valence-corrected chi connectivity index (χ4v) is 1.77. The lowest BCUT2D eigenvalue weighted by atomic mass is 10.1. The SMILES string of the molecule is CCCCOC(=O)CCC(Br)C(=O)CCCC. The minimum atomic E-state index is -0.203. The quantitative estimate of drug-likeness (QED) is 0.352. The lowest BCUT2D eigenvalue weighted by Crippen LogP contribution is -2.16. The van der Waals surface area contributed by atoms with Crippen LogP contribution in [-0.2, 0) is 14.3 Å². The Labute approximate surface area is 112 Å². The first-order valence-electron chi connectivity index (χ1n) is 6.44. The summed E-state index contributed by atoms with van der Waals surface area (Å²) in [6.45, 7) is 4.60. The van der Waals surface area contributed by atoms with Crippen molar-refractivity contribution in [3.8, 4) is 0 Å². The van der Waals surface area contributed by atoms with Gasteiger partial charge in [-0.05, 0) is 19.3 Å². The van der Waals surface area contributed by atoms with Crippen LogP contribution in [0.25, 0.3) is 0 Å². The Morgan fingerprint density at radius 2 is 1.76 bits per heavy atom. The van der Waals surface area contributed by atoms with Crippen molar-refractivity contribution in [1.29, 1.82) is 0 Å². The summed E-state index contributed by atoms with van der Waals surface area (Å²) in [6.07, 6.45) is 5.30. The topological polar surface area (TPSA) is 43.4 Å². The summed E-state index contributed by atoms with van der Waals surface area (Å²) in [5.74, 6) is -0.0144. The van der Waals surface area contributed by atoms with E-state index in [4.69, 9.17) is 4.74 Å². The van der Waals surface area contributed by atoms with E-state index in [0.717, 1.165) is 25.7 Å². The molecule has 1 unspecified atom stereocenters. The van der Waals surface area contributed by atoms with Gasteiger partial charge in [0.15, 0.2) is 0 Å². The van der Waals surface area contributed by atoms with E-state index in [2.05, 4.69) is 29.8 Å². The normalized spacial score (nSPS) is 12.2. The smallest absolute Gasteiger partial charge is 0.305 e. The van der Waals surface area contributed by atoms with E-state index < -0.39 is 0 Å². The van der Waals surface area contributed by atoms with Crippen LogP contribution in [0.15, 0.2) is 0 Å². The molecule has 0 bridgehead atoms. The van der Waals surface area contributed by atoms with Gasteiger partial charge in [0.2, 0.25) is 0 Å². The first-order chi connectivity index (χ1) is 8.11. The van der Waals surface area contributed by atoms with Gasteiger partial charge < -0.3 is 4.74 Å². The third-order valence-electron chi connectivity index (χ3n) is 2.49. The van der Waals surface area contributed by atoms with Gasteiger partial charge in [0.1, 0.15) is 5.78 Å². The average molecular weight is 307 g/mol. The van der Waals surface area contributed by atoms with Crippen molar-refractivity contribution in [3.05, 3.63) is 0 Å². The van der Waals surface area contributed by atoms with Crippen molar-refractivity contribution < 1.29 is 14.3 Å². The summed E-state index contributed by atoms with van der Waals surface area (Å²) in [5, 5.41) is 0. The number of unbranched alkanes of at least 4 members (excludes halogenated alkanes) is 2. The molecule has 0 aromatic heterocycles. The Hall–Kier alpha value is -0.380. The number of ketones is 1. The molecule has 0 saturated heterocycles. The van der Waals surface area contributed by atoms with E-state index in [0.29, 0.717) is 25.9 Å². The third kappa shape index (κ3) is 9.33. The van der Waals surface area contributed by atoms with E-state index in [9.17, 15) is 9.59 Å². The van der Waals surface area contributed by atoms with Gasteiger partial charge in [0.05, 0.1) is 11.4 Å². The highest BCUT2D eigenvalue weighted by Crippen LogP contribution is 2.13. The van der Waals surface area contributed by atoms with Crippen LogP contribution in [0, 0.1) is 0 Å². The number of hydrogen-bond acceptors (Lipinski definition) is 3. The van der Waals surface area contributed by atoms with E-state index in [-0.39, 0.29) is 16.6 Å². The molecule has 3 nitrogen and oxygen atoms in total. The fourth-order valence-electron chi connectivity index (χ4n) is 1.32. The number of carbonyl (C=O) groups is 2. The molecule has 4 heteroatoms. The summed E-state index contributed by atoms with van der Waals surface area (Å²) in [4.78, 5) is 22.7. The first-order valence-corrected chi connectivity index (χ1v) is 7.35. The minimum absolute atomic E-state index is 0.188. The molecule has 0 amide bonds. The van der Waals surface area contributed by atoms with Gasteiger partial charge in [-0.1, -0.05) is 42.6 Å². The number of ether oxygens (including phenoxy) is 1. The van der Waals surface area contributed by atoms with Crippen molar-refractivity contribution >= 4 is 27.7 Å². The predicted molar refractivity (Wildman–Crippen MR) is 72.3 cm³/mol. The molecule has 0 saturated carbocycles. The minimum Gasteiger partial charge on any atom is -0.466 e. The summed E-state index contributed by atoms with van der Waals surface area (Å²) in [5.41, 5.74) is 0. The second-order valence-corrected chi connectivity index (χ2v) is 5.26. The molecule has 0 aliphatic heterocycles. The summed E-state index contributed by atoms with van der Waals surface area (Å²) < 4.78 is 5.02.